The summed E-state index contributed by atoms with van der Waals surface area (Å²) in [5.41, 5.74) is 2.56. The molecule has 164 valence electrons. The summed E-state index contributed by atoms with van der Waals surface area (Å²) >= 11 is 0. The van der Waals surface area contributed by atoms with Crippen LogP contribution in [0.3, 0.4) is 0 Å². The quantitative estimate of drug-likeness (QED) is 0.474. The number of hydrogen-bond acceptors (Lipinski definition) is 4. The number of aliphatic imine (C=N–C) groups is 1. The molecule has 0 unspecified atom stereocenters. The Hall–Kier alpha value is -2.94. The average molecular weight is 425 g/mol. The summed E-state index contributed by atoms with van der Waals surface area (Å²) in [5, 5.41) is 6.38. The summed E-state index contributed by atoms with van der Waals surface area (Å²) in [5.74, 6) is 1.88. The van der Waals surface area contributed by atoms with Gasteiger partial charge in [-0.25, -0.2) is 0 Å². The minimum atomic E-state index is -4.33. The van der Waals surface area contributed by atoms with Crippen molar-refractivity contribution in [3.8, 4) is 11.5 Å². The van der Waals surface area contributed by atoms with Crippen LogP contribution in [0.2, 0.25) is 0 Å². The number of nitrogens with zero attached hydrogens (tertiary/aromatic N) is 1. The van der Waals surface area contributed by atoms with Crippen molar-refractivity contribution in [2.24, 2.45) is 4.99 Å². The zero-order valence-corrected chi connectivity index (χ0v) is 17.2. The Balaban J connectivity index is 1.86. The topological polar surface area (TPSA) is 64.1 Å². The number of guanidine groups is 1. The number of hydrogen-bond donors (Lipinski definition) is 2. The lowest BCUT2D eigenvalue weighted by Crippen LogP contribution is -2.36. The van der Waals surface area contributed by atoms with Gasteiger partial charge in [0.25, 0.3) is 0 Å². The minimum absolute atomic E-state index is 0.0976. The summed E-state index contributed by atoms with van der Waals surface area (Å²) in [4.78, 5) is 4.18. The number of alkyl halides is 3. The SMILES string of the molecule is CN=C(NCc1cccc(COCC(F)(F)F)c1)NCc1ccc(OC)c(OC)c1. The van der Waals surface area contributed by atoms with Gasteiger partial charge in [-0.2, -0.15) is 13.2 Å². The van der Waals surface area contributed by atoms with Crippen molar-refractivity contribution in [1.82, 2.24) is 10.6 Å². The Kier molecular flexibility index (Phi) is 8.79. The predicted octanol–water partition coefficient (Wildman–Crippen LogP) is 3.65. The first kappa shape index (κ1) is 23.3. The maximum Gasteiger partial charge on any atom is 0.411 e. The number of nitrogens with one attached hydrogen (secondary N) is 2. The molecular weight excluding hydrogens is 399 g/mol. The van der Waals surface area contributed by atoms with Crippen LogP contribution in [0.1, 0.15) is 16.7 Å². The zero-order chi connectivity index (χ0) is 22.0. The van der Waals surface area contributed by atoms with Crippen molar-refractivity contribution < 1.29 is 27.4 Å². The van der Waals surface area contributed by atoms with Crippen LogP contribution in [0.15, 0.2) is 47.5 Å². The van der Waals surface area contributed by atoms with E-state index >= 15 is 0 Å². The second-order valence-electron chi connectivity index (χ2n) is 6.40. The van der Waals surface area contributed by atoms with Crippen LogP contribution in [0.5, 0.6) is 11.5 Å². The van der Waals surface area contributed by atoms with Gasteiger partial charge in [-0.15, -0.1) is 0 Å². The van der Waals surface area contributed by atoms with Gasteiger partial charge in [-0.1, -0.05) is 30.3 Å². The highest BCUT2D eigenvalue weighted by Gasteiger charge is 2.27. The number of rotatable bonds is 9. The van der Waals surface area contributed by atoms with Crippen molar-refractivity contribution in [2.45, 2.75) is 25.9 Å². The normalized spacial score (nSPS) is 11.9. The second-order valence-corrected chi connectivity index (χ2v) is 6.40. The van der Waals surface area contributed by atoms with Gasteiger partial charge in [0.1, 0.15) is 6.61 Å². The van der Waals surface area contributed by atoms with Crippen LogP contribution < -0.4 is 20.1 Å². The van der Waals surface area contributed by atoms with E-state index in [2.05, 4.69) is 15.6 Å². The van der Waals surface area contributed by atoms with E-state index in [-0.39, 0.29) is 6.61 Å². The first-order valence-corrected chi connectivity index (χ1v) is 9.22. The van der Waals surface area contributed by atoms with E-state index in [0.29, 0.717) is 36.1 Å². The van der Waals surface area contributed by atoms with Crippen molar-refractivity contribution in [1.29, 1.82) is 0 Å². The molecule has 0 spiro atoms. The van der Waals surface area contributed by atoms with Crippen LogP contribution in [0, 0.1) is 0 Å². The van der Waals surface area contributed by atoms with Crippen LogP contribution in [-0.2, 0) is 24.4 Å². The Bertz CT molecular complexity index is 842. The number of halogens is 3. The van der Waals surface area contributed by atoms with Gasteiger partial charge in [0.15, 0.2) is 17.5 Å². The first-order chi connectivity index (χ1) is 14.3. The van der Waals surface area contributed by atoms with Gasteiger partial charge in [-0.05, 0) is 28.8 Å². The Morgan fingerprint density at radius 1 is 0.900 bits per heavy atom. The van der Waals surface area contributed by atoms with E-state index in [1.165, 1.54) is 0 Å². The molecule has 0 fully saturated rings. The van der Waals surface area contributed by atoms with Gasteiger partial charge < -0.3 is 24.8 Å². The standard InChI is InChI=1S/C21H26F3N3O3/c1-25-20(27-12-16-7-8-18(28-2)19(10-16)29-3)26-11-15-5-4-6-17(9-15)13-30-14-21(22,23)24/h4-10H,11-14H2,1-3H3,(H2,25,26,27). The van der Waals surface area contributed by atoms with Crippen LogP contribution in [-0.4, -0.2) is 40.0 Å². The maximum atomic E-state index is 12.2. The number of ether oxygens (including phenoxy) is 3. The lowest BCUT2D eigenvalue weighted by molar-refractivity contribution is -0.176. The first-order valence-electron chi connectivity index (χ1n) is 9.22. The molecule has 0 atom stereocenters. The highest BCUT2D eigenvalue weighted by Crippen LogP contribution is 2.27. The van der Waals surface area contributed by atoms with Gasteiger partial charge >= 0.3 is 6.18 Å². The molecule has 9 heteroatoms. The molecule has 0 saturated carbocycles. The van der Waals surface area contributed by atoms with Gasteiger partial charge in [0, 0.05) is 20.1 Å². The third kappa shape index (κ3) is 7.82. The second kappa shape index (κ2) is 11.3. The fraction of sp³-hybridized carbons (Fsp3) is 0.381. The zero-order valence-electron chi connectivity index (χ0n) is 17.2. The van der Waals surface area contributed by atoms with Crippen molar-refractivity contribution in [3.63, 3.8) is 0 Å². The summed E-state index contributed by atoms with van der Waals surface area (Å²) in [6, 6.07) is 12.8. The fourth-order valence-electron chi connectivity index (χ4n) is 2.70. The fourth-order valence-corrected chi connectivity index (χ4v) is 2.70. The lowest BCUT2D eigenvalue weighted by atomic mass is 10.1. The van der Waals surface area contributed by atoms with E-state index < -0.39 is 12.8 Å². The summed E-state index contributed by atoms with van der Waals surface area (Å²) in [6.07, 6.45) is -4.33. The third-order valence-electron chi connectivity index (χ3n) is 4.12. The smallest absolute Gasteiger partial charge is 0.411 e. The molecule has 0 aliphatic carbocycles. The van der Waals surface area contributed by atoms with E-state index in [1.54, 1.807) is 39.5 Å². The third-order valence-corrected chi connectivity index (χ3v) is 4.12. The largest absolute Gasteiger partial charge is 0.493 e. The lowest BCUT2D eigenvalue weighted by Gasteiger charge is -2.14. The minimum Gasteiger partial charge on any atom is -0.493 e. The van der Waals surface area contributed by atoms with Crippen molar-refractivity contribution in [2.75, 3.05) is 27.9 Å². The highest BCUT2D eigenvalue weighted by atomic mass is 19.4. The molecule has 0 heterocycles. The molecule has 0 aliphatic rings. The van der Waals surface area contributed by atoms with E-state index in [9.17, 15) is 13.2 Å². The van der Waals surface area contributed by atoms with Gasteiger partial charge in [-0.3, -0.25) is 4.99 Å². The van der Waals surface area contributed by atoms with Crippen LogP contribution in [0.25, 0.3) is 0 Å². The summed E-state index contributed by atoms with van der Waals surface area (Å²) < 4.78 is 51.8. The predicted molar refractivity (Wildman–Crippen MR) is 109 cm³/mol. The van der Waals surface area contributed by atoms with E-state index in [1.807, 2.05) is 24.3 Å². The monoisotopic (exact) mass is 425 g/mol. The molecular formula is C21H26F3N3O3. The Morgan fingerprint density at radius 2 is 1.53 bits per heavy atom. The van der Waals surface area contributed by atoms with Crippen LogP contribution >= 0.6 is 0 Å². The molecule has 2 rings (SSSR count). The molecule has 0 radical (unpaired) electrons. The molecule has 2 aromatic rings. The Labute approximate surface area is 174 Å². The highest BCUT2D eigenvalue weighted by molar-refractivity contribution is 5.79. The van der Waals surface area contributed by atoms with Crippen LogP contribution in [0.4, 0.5) is 13.2 Å². The van der Waals surface area contributed by atoms with E-state index in [4.69, 9.17) is 14.2 Å². The molecule has 2 aromatic carbocycles. The van der Waals surface area contributed by atoms with Gasteiger partial charge in [0.2, 0.25) is 0 Å². The summed E-state index contributed by atoms with van der Waals surface area (Å²) in [7, 11) is 4.82. The summed E-state index contributed by atoms with van der Waals surface area (Å²) in [6.45, 7) is -0.383. The molecule has 0 saturated heterocycles. The average Bonchev–Trinajstić information content (AvgIpc) is 2.73. The van der Waals surface area contributed by atoms with E-state index in [0.717, 1.165) is 11.1 Å². The Morgan fingerprint density at radius 3 is 2.13 bits per heavy atom. The molecule has 0 aromatic heterocycles. The number of benzene rings is 2. The molecule has 0 bridgehead atoms. The van der Waals surface area contributed by atoms with Crippen molar-refractivity contribution in [3.05, 3.63) is 59.2 Å². The number of methoxy groups -OCH3 is 2. The van der Waals surface area contributed by atoms with Crippen molar-refractivity contribution >= 4 is 5.96 Å². The molecule has 30 heavy (non-hydrogen) atoms. The molecule has 2 N–H and O–H groups in total. The molecule has 0 aliphatic heterocycles. The molecule has 0 amide bonds. The van der Waals surface area contributed by atoms with Gasteiger partial charge in [0.05, 0.1) is 20.8 Å². The molecule has 6 nitrogen and oxygen atoms in total. The maximum absolute atomic E-state index is 12.2.